The van der Waals surface area contributed by atoms with Crippen molar-refractivity contribution in [2.24, 2.45) is 0 Å². The first-order chi connectivity index (χ1) is 14.5. The van der Waals surface area contributed by atoms with Crippen molar-refractivity contribution in [3.05, 3.63) is 40.2 Å². The van der Waals surface area contributed by atoms with E-state index in [1.54, 1.807) is 18.2 Å². The lowest BCUT2D eigenvalue weighted by molar-refractivity contribution is -0.142. The van der Waals surface area contributed by atoms with Gasteiger partial charge in [-0.15, -0.1) is 0 Å². The number of fused-ring (bicyclic) bond motifs is 1. The van der Waals surface area contributed by atoms with Crippen molar-refractivity contribution in [2.45, 2.75) is 71.1 Å². The molecule has 0 bridgehead atoms. The molecule has 2 rings (SSSR count). The number of methoxy groups -OCH3 is 1. The van der Waals surface area contributed by atoms with Gasteiger partial charge in [0, 0.05) is 11.8 Å². The van der Waals surface area contributed by atoms with Crippen LogP contribution in [0.3, 0.4) is 0 Å². The number of ketones is 1. The van der Waals surface area contributed by atoms with Gasteiger partial charge < -0.3 is 13.9 Å². The number of rotatable bonds is 14. The summed E-state index contributed by atoms with van der Waals surface area (Å²) in [4.78, 5) is 36.3. The van der Waals surface area contributed by atoms with Crippen molar-refractivity contribution in [2.75, 3.05) is 13.7 Å². The van der Waals surface area contributed by atoms with E-state index in [4.69, 9.17) is 13.9 Å². The van der Waals surface area contributed by atoms with Gasteiger partial charge >= 0.3 is 11.6 Å². The van der Waals surface area contributed by atoms with E-state index < -0.39 is 24.0 Å². The third-order valence-electron chi connectivity index (χ3n) is 5.09. The summed E-state index contributed by atoms with van der Waals surface area (Å²) in [6.45, 7) is 1.75. The van der Waals surface area contributed by atoms with Crippen LogP contribution in [-0.2, 0) is 9.53 Å². The van der Waals surface area contributed by atoms with Gasteiger partial charge in [0.15, 0.2) is 6.61 Å². The largest absolute Gasteiger partial charge is 0.497 e. The maximum absolute atomic E-state index is 12.3. The Kier molecular flexibility index (Phi) is 10.1. The fourth-order valence-corrected chi connectivity index (χ4v) is 3.30. The molecule has 30 heavy (non-hydrogen) atoms. The maximum Gasteiger partial charge on any atom is 0.347 e. The summed E-state index contributed by atoms with van der Waals surface area (Å²) in [6.07, 6.45) is 10.7. The van der Waals surface area contributed by atoms with Crippen LogP contribution in [0.15, 0.2) is 33.5 Å². The molecule has 0 unspecified atom stereocenters. The smallest absolute Gasteiger partial charge is 0.347 e. The van der Waals surface area contributed by atoms with Crippen LogP contribution in [0.4, 0.5) is 0 Å². The van der Waals surface area contributed by atoms with E-state index in [2.05, 4.69) is 6.92 Å². The Hall–Kier alpha value is -2.63. The van der Waals surface area contributed by atoms with Crippen molar-refractivity contribution in [1.82, 2.24) is 0 Å². The fourth-order valence-electron chi connectivity index (χ4n) is 3.30. The van der Waals surface area contributed by atoms with Crippen molar-refractivity contribution < 1.29 is 23.5 Å². The topological polar surface area (TPSA) is 82.8 Å². The zero-order valence-electron chi connectivity index (χ0n) is 18.0. The molecule has 6 heteroatoms. The Morgan fingerprint density at radius 1 is 0.933 bits per heavy atom. The van der Waals surface area contributed by atoms with Crippen LogP contribution >= 0.6 is 0 Å². The SMILES string of the molecule is CCCCCCCCCCCC(=O)OCC(=O)c1cc2cc(OC)ccc2oc1=O. The molecule has 1 aromatic heterocycles. The minimum absolute atomic E-state index is 0.133. The molecule has 6 nitrogen and oxygen atoms in total. The first kappa shape index (κ1) is 23.6. The number of unbranched alkanes of at least 4 members (excludes halogenated alkanes) is 8. The number of benzene rings is 1. The summed E-state index contributed by atoms with van der Waals surface area (Å²) < 4.78 is 15.4. The first-order valence-electron chi connectivity index (χ1n) is 10.9. The molecule has 164 valence electrons. The van der Waals surface area contributed by atoms with Gasteiger partial charge in [-0.1, -0.05) is 58.3 Å². The lowest BCUT2D eigenvalue weighted by Gasteiger charge is -2.06. The Balaban J connectivity index is 1.73. The second-order valence-electron chi connectivity index (χ2n) is 7.51. The highest BCUT2D eigenvalue weighted by atomic mass is 16.5. The van der Waals surface area contributed by atoms with E-state index in [9.17, 15) is 14.4 Å². The zero-order chi connectivity index (χ0) is 21.8. The lowest BCUT2D eigenvalue weighted by atomic mass is 10.1. The van der Waals surface area contributed by atoms with Gasteiger partial charge in [-0.2, -0.15) is 0 Å². The zero-order valence-corrected chi connectivity index (χ0v) is 18.0. The van der Waals surface area contributed by atoms with Crippen LogP contribution in [0.25, 0.3) is 11.0 Å². The van der Waals surface area contributed by atoms with Crippen LogP contribution in [0.1, 0.15) is 81.5 Å². The fraction of sp³-hybridized carbons (Fsp3) is 0.542. The number of Topliss-reactive ketones (excluding diaryl/α,β-unsaturated/α-hetero) is 1. The first-order valence-corrected chi connectivity index (χ1v) is 10.9. The molecule has 1 aromatic carbocycles. The molecule has 0 fully saturated rings. The minimum atomic E-state index is -0.743. The van der Waals surface area contributed by atoms with Crippen LogP contribution in [0.5, 0.6) is 5.75 Å². The average Bonchev–Trinajstić information content (AvgIpc) is 2.75. The molecule has 0 atom stereocenters. The van der Waals surface area contributed by atoms with E-state index >= 15 is 0 Å². The quantitative estimate of drug-likeness (QED) is 0.176. The third kappa shape index (κ3) is 7.65. The summed E-state index contributed by atoms with van der Waals surface area (Å²) in [5.41, 5.74) is -0.515. The van der Waals surface area contributed by atoms with Gasteiger partial charge in [-0.25, -0.2) is 4.79 Å². The highest BCUT2D eigenvalue weighted by Crippen LogP contribution is 2.20. The second kappa shape index (κ2) is 12.8. The monoisotopic (exact) mass is 416 g/mol. The molecular formula is C24H32O6. The van der Waals surface area contributed by atoms with Gasteiger partial charge in [0.1, 0.15) is 16.9 Å². The van der Waals surface area contributed by atoms with Crippen molar-refractivity contribution in [3.8, 4) is 5.75 Å². The number of carbonyl (C=O) groups is 2. The van der Waals surface area contributed by atoms with E-state index in [1.807, 2.05) is 0 Å². The van der Waals surface area contributed by atoms with Crippen LogP contribution in [0.2, 0.25) is 0 Å². The third-order valence-corrected chi connectivity index (χ3v) is 5.09. The molecular weight excluding hydrogens is 384 g/mol. The molecule has 1 heterocycles. The molecule has 0 radical (unpaired) electrons. The number of hydrogen-bond acceptors (Lipinski definition) is 6. The molecule has 0 aliphatic heterocycles. The highest BCUT2D eigenvalue weighted by molar-refractivity contribution is 5.99. The minimum Gasteiger partial charge on any atom is -0.497 e. The van der Waals surface area contributed by atoms with Gasteiger partial charge in [-0.05, 0) is 30.7 Å². The van der Waals surface area contributed by atoms with Crippen molar-refractivity contribution in [3.63, 3.8) is 0 Å². The Labute approximate surface area is 177 Å². The van der Waals surface area contributed by atoms with E-state index in [0.29, 0.717) is 16.7 Å². The van der Waals surface area contributed by atoms with Gasteiger partial charge in [0.2, 0.25) is 5.78 Å². The van der Waals surface area contributed by atoms with E-state index in [1.165, 1.54) is 51.7 Å². The summed E-state index contributed by atoms with van der Waals surface area (Å²) >= 11 is 0. The average molecular weight is 417 g/mol. The van der Waals surface area contributed by atoms with Gasteiger partial charge in [0.05, 0.1) is 7.11 Å². The molecule has 2 aromatic rings. The Morgan fingerprint density at radius 2 is 1.60 bits per heavy atom. The van der Waals surface area contributed by atoms with Gasteiger partial charge in [0.25, 0.3) is 0 Å². The molecule has 0 saturated carbocycles. The van der Waals surface area contributed by atoms with Gasteiger partial charge in [-0.3, -0.25) is 9.59 Å². The number of esters is 1. The lowest BCUT2D eigenvalue weighted by Crippen LogP contribution is -2.20. The predicted molar refractivity (Wildman–Crippen MR) is 116 cm³/mol. The molecule has 0 aliphatic rings. The summed E-state index contributed by atoms with van der Waals surface area (Å²) in [5, 5.41) is 0.568. The number of ether oxygens (including phenoxy) is 2. The van der Waals surface area contributed by atoms with Crippen LogP contribution in [0, 0.1) is 0 Å². The standard InChI is InChI=1S/C24H32O6/c1-3-4-5-6-7-8-9-10-11-12-23(26)29-17-21(25)20-16-18-15-19(28-2)13-14-22(18)30-24(20)27/h13-16H,3-12,17H2,1-2H3. The van der Waals surface area contributed by atoms with E-state index in [0.717, 1.165) is 19.3 Å². The van der Waals surface area contributed by atoms with Crippen LogP contribution < -0.4 is 10.4 Å². The molecule has 0 aliphatic carbocycles. The van der Waals surface area contributed by atoms with Crippen LogP contribution in [-0.4, -0.2) is 25.5 Å². The summed E-state index contributed by atoms with van der Waals surface area (Å²) in [5.74, 6) is -0.408. The Morgan fingerprint density at radius 3 is 2.27 bits per heavy atom. The second-order valence-corrected chi connectivity index (χ2v) is 7.51. The van der Waals surface area contributed by atoms with Crippen molar-refractivity contribution in [1.29, 1.82) is 0 Å². The maximum atomic E-state index is 12.3. The highest BCUT2D eigenvalue weighted by Gasteiger charge is 2.16. The number of hydrogen-bond donors (Lipinski definition) is 0. The summed E-state index contributed by atoms with van der Waals surface area (Å²) in [6, 6.07) is 6.39. The predicted octanol–water partition coefficient (Wildman–Crippen LogP) is 5.45. The summed E-state index contributed by atoms with van der Waals surface area (Å²) in [7, 11) is 1.53. The molecule has 0 amide bonds. The van der Waals surface area contributed by atoms with E-state index in [-0.39, 0.29) is 12.0 Å². The number of carbonyl (C=O) groups excluding carboxylic acids is 2. The Bertz CT molecular complexity index is 883. The van der Waals surface area contributed by atoms with Crippen molar-refractivity contribution >= 4 is 22.7 Å². The normalized spacial score (nSPS) is 10.9. The molecule has 0 spiro atoms. The molecule has 0 N–H and O–H groups in total. The molecule has 0 saturated heterocycles.